The first-order chi connectivity index (χ1) is 13.4. The molecule has 2 fully saturated rings. The van der Waals surface area contributed by atoms with Gasteiger partial charge in [-0.2, -0.15) is 0 Å². The van der Waals surface area contributed by atoms with Crippen LogP contribution in [0, 0.1) is 0 Å². The largest absolute Gasteiger partial charge is 0.382 e. The van der Waals surface area contributed by atoms with Crippen LogP contribution in [0.15, 0.2) is 24.3 Å². The van der Waals surface area contributed by atoms with E-state index in [1.807, 2.05) is 0 Å². The average molecular weight is 371 g/mol. The molecule has 27 heavy (non-hydrogen) atoms. The Bertz CT molecular complexity index is 515. The molecule has 0 radical (unpaired) electrons. The number of anilines is 2. The van der Waals surface area contributed by atoms with Crippen LogP contribution >= 0.6 is 0 Å². The van der Waals surface area contributed by atoms with Crippen LogP contribution in [0.2, 0.25) is 0 Å². The van der Waals surface area contributed by atoms with Gasteiger partial charge in [-0.1, -0.05) is 77.2 Å². The number of hydrogen-bond donors (Lipinski definition) is 1. The van der Waals surface area contributed by atoms with E-state index in [1.165, 1.54) is 114 Å². The zero-order chi connectivity index (χ0) is 18.7. The van der Waals surface area contributed by atoms with Crippen LogP contribution in [0.25, 0.3) is 0 Å². The van der Waals surface area contributed by atoms with Crippen molar-refractivity contribution in [1.29, 1.82) is 0 Å². The highest BCUT2D eigenvalue weighted by Gasteiger charge is 2.21. The Morgan fingerprint density at radius 3 is 2.30 bits per heavy atom. The molecule has 0 heterocycles. The lowest BCUT2D eigenvalue weighted by molar-refractivity contribution is 0.410. The number of rotatable bonds is 10. The summed E-state index contributed by atoms with van der Waals surface area (Å²) in [6.45, 7) is 3.54. The fourth-order valence-corrected chi connectivity index (χ4v) is 5.06. The van der Waals surface area contributed by atoms with E-state index in [0.29, 0.717) is 6.04 Å². The first-order valence-electron chi connectivity index (χ1n) is 12.0. The molecule has 0 saturated heterocycles. The maximum atomic E-state index is 3.84. The van der Waals surface area contributed by atoms with Crippen molar-refractivity contribution >= 4 is 11.4 Å². The molecule has 2 nitrogen and oxygen atoms in total. The predicted molar refractivity (Wildman–Crippen MR) is 120 cm³/mol. The van der Waals surface area contributed by atoms with E-state index in [9.17, 15) is 0 Å². The summed E-state index contributed by atoms with van der Waals surface area (Å²) >= 11 is 0. The summed E-state index contributed by atoms with van der Waals surface area (Å²) in [5, 5.41) is 3.84. The van der Waals surface area contributed by atoms with Gasteiger partial charge in [-0.3, -0.25) is 0 Å². The van der Waals surface area contributed by atoms with Gasteiger partial charge >= 0.3 is 0 Å². The van der Waals surface area contributed by atoms with Crippen LogP contribution in [0.1, 0.15) is 103 Å². The van der Waals surface area contributed by atoms with Gasteiger partial charge in [-0.15, -0.1) is 0 Å². The molecule has 0 spiro atoms. The molecule has 0 bridgehead atoms. The summed E-state index contributed by atoms with van der Waals surface area (Å²) in [5.41, 5.74) is 2.80. The average Bonchev–Trinajstić information content (AvgIpc) is 2.72. The summed E-state index contributed by atoms with van der Waals surface area (Å²) in [6, 6.07) is 10.8. The van der Waals surface area contributed by atoms with Gasteiger partial charge in [0.2, 0.25) is 0 Å². The maximum absolute atomic E-state index is 3.84. The van der Waals surface area contributed by atoms with Crippen molar-refractivity contribution < 1.29 is 0 Å². The highest BCUT2D eigenvalue weighted by atomic mass is 15.2. The molecular weight excluding hydrogens is 328 g/mol. The molecule has 3 rings (SSSR count). The molecule has 0 aliphatic heterocycles. The van der Waals surface area contributed by atoms with Gasteiger partial charge in [-0.25, -0.2) is 0 Å². The minimum atomic E-state index is 0.686. The van der Waals surface area contributed by atoms with E-state index in [0.717, 1.165) is 6.04 Å². The highest BCUT2D eigenvalue weighted by molar-refractivity contribution is 5.59. The lowest BCUT2D eigenvalue weighted by atomic mass is 9.93. The molecule has 2 saturated carbocycles. The normalized spacial score (nSPS) is 19.1. The minimum Gasteiger partial charge on any atom is -0.382 e. The zero-order valence-corrected chi connectivity index (χ0v) is 17.7. The molecule has 0 aromatic heterocycles. The standard InChI is InChI=1S/C25H42N2/c1-2-3-4-5-12-20-27(24-17-10-7-11-18-24)25-19-13-16-23(21-25)26-22-14-8-6-9-15-22/h13,16,19,21-22,24,26H,2-12,14-15,17-18,20H2,1H3. The van der Waals surface area contributed by atoms with Crippen LogP contribution in [0.4, 0.5) is 11.4 Å². The third kappa shape index (κ3) is 6.73. The van der Waals surface area contributed by atoms with Crippen LogP contribution in [-0.4, -0.2) is 18.6 Å². The van der Waals surface area contributed by atoms with E-state index < -0.39 is 0 Å². The lowest BCUT2D eigenvalue weighted by Gasteiger charge is -2.37. The second kappa shape index (κ2) is 11.6. The van der Waals surface area contributed by atoms with Crippen LogP contribution in [0.5, 0.6) is 0 Å². The molecule has 1 aromatic carbocycles. The molecule has 2 aliphatic rings. The summed E-state index contributed by atoms with van der Waals surface area (Å²) in [5.74, 6) is 0. The molecule has 152 valence electrons. The molecule has 2 heteroatoms. The third-order valence-electron chi connectivity index (χ3n) is 6.67. The van der Waals surface area contributed by atoms with Crippen molar-refractivity contribution in [2.75, 3.05) is 16.8 Å². The number of nitrogens with one attached hydrogen (secondary N) is 1. The van der Waals surface area contributed by atoms with Gasteiger partial charge in [0.25, 0.3) is 0 Å². The first-order valence-corrected chi connectivity index (χ1v) is 12.0. The molecule has 0 amide bonds. The summed E-state index contributed by atoms with van der Waals surface area (Å²) in [7, 11) is 0. The van der Waals surface area contributed by atoms with Gasteiger partial charge in [-0.05, 0) is 50.3 Å². The van der Waals surface area contributed by atoms with Crippen LogP contribution in [-0.2, 0) is 0 Å². The number of hydrogen-bond acceptors (Lipinski definition) is 2. The molecule has 1 aromatic rings. The van der Waals surface area contributed by atoms with Gasteiger partial charge in [0, 0.05) is 30.0 Å². The topological polar surface area (TPSA) is 15.3 Å². The van der Waals surface area contributed by atoms with Gasteiger partial charge in [0.15, 0.2) is 0 Å². The zero-order valence-electron chi connectivity index (χ0n) is 17.7. The lowest BCUT2D eigenvalue weighted by Crippen LogP contribution is -2.37. The second-order valence-electron chi connectivity index (χ2n) is 8.93. The Morgan fingerprint density at radius 1 is 0.852 bits per heavy atom. The molecule has 2 aliphatic carbocycles. The fraction of sp³-hybridized carbons (Fsp3) is 0.760. The Balaban J connectivity index is 1.63. The van der Waals surface area contributed by atoms with Crippen molar-refractivity contribution in [3.63, 3.8) is 0 Å². The molecule has 0 unspecified atom stereocenters. The van der Waals surface area contributed by atoms with Crippen molar-refractivity contribution in [1.82, 2.24) is 0 Å². The SMILES string of the molecule is CCCCCCCN(c1cccc(NC2CCCCC2)c1)C1CCCCC1. The number of unbranched alkanes of at least 4 members (excludes halogenated alkanes) is 4. The molecular formula is C25H42N2. The summed E-state index contributed by atoms with van der Waals surface area (Å²) in [6.07, 6.45) is 20.8. The van der Waals surface area contributed by atoms with Crippen molar-refractivity contribution in [3.8, 4) is 0 Å². The maximum Gasteiger partial charge on any atom is 0.0389 e. The number of benzene rings is 1. The van der Waals surface area contributed by atoms with E-state index >= 15 is 0 Å². The van der Waals surface area contributed by atoms with Crippen molar-refractivity contribution in [3.05, 3.63) is 24.3 Å². The van der Waals surface area contributed by atoms with E-state index in [2.05, 4.69) is 41.4 Å². The van der Waals surface area contributed by atoms with E-state index in [1.54, 1.807) is 0 Å². The smallest absolute Gasteiger partial charge is 0.0389 e. The predicted octanol–water partition coefficient (Wildman–Crippen LogP) is 7.54. The summed E-state index contributed by atoms with van der Waals surface area (Å²) in [4.78, 5) is 2.76. The summed E-state index contributed by atoms with van der Waals surface area (Å²) < 4.78 is 0. The second-order valence-corrected chi connectivity index (χ2v) is 8.93. The Morgan fingerprint density at radius 2 is 1.56 bits per heavy atom. The van der Waals surface area contributed by atoms with Gasteiger partial charge < -0.3 is 10.2 Å². The third-order valence-corrected chi connectivity index (χ3v) is 6.67. The first kappa shape index (κ1) is 20.6. The monoisotopic (exact) mass is 370 g/mol. The Labute approximate surface area is 168 Å². The Hall–Kier alpha value is -1.18. The fourth-order valence-electron chi connectivity index (χ4n) is 5.06. The number of nitrogens with zero attached hydrogens (tertiary/aromatic N) is 1. The quantitative estimate of drug-likeness (QED) is 0.428. The molecule has 1 N–H and O–H groups in total. The van der Waals surface area contributed by atoms with Crippen LogP contribution < -0.4 is 10.2 Å². The Kier molecular flexibility index (Phi) is 8.84. The van der Waals surface area contributed by atoms with Gasteiger partial charge in [0.05, 0.1) is 0 Å². The van der Waals surface area contributed by atoms with Crippen LogP contribution in [0.3, 0.4) is 0 Å². The van der Waals surface area contributed by atoms with Gasteiger partial charge in [0.1, 0.15) is 0 Å². The van der Waals surface area contributed by atoms with Crippen molar-refractivity contribution in [2.24, 2.45) is 0 Å². The highest BCUT2D eigenvalue weighted by Crippen LogP contribution is 2.30. The van der Waals surface area contributed by atoms with E-state index in [4.69, 9.17) is 0 Å². The van der Waals surface area contributed by atoms with Crippen molar-refractivity contribution in [2.45, 2.75) is 115 Å². The van der Waals surface area contributed by atoms with E-state index in [-0.39, 0.29) is 0 Å². The minimum absolute atomic E-state index is 0.686. The molecule has 0 atom stereocenters.